The number of esters is 1. The number of nitrogens with zero attached hydrogens (tertiary/aromatic N) is 4. The van der Waals surface area contributed by atoms with Gasteiger partial charge in [-0.3, -0.25) is 18.4 Å². The molecule has 0 aromatic carbocycles. The van der Waals surface area contributed by atoms with E-state index in [0.29, 0.717) is 11.6 Å². The third-order valence-electron chi connectivity index (χ3n) is 4.63. The van der Waals surface area contributed by atoms with Gasteiger partial charge in [0, 0.05) is 11.6 Å². The lowest BCUT2D eigenvalue weighted by Gasteiger charge is -2.31. The van der Waals surface area contributed by atoms with Gasteiger partial charge in [0.25, 0.3) is 0 Å². The molecule has 0 spiro atoms. The first-order valence-corrected chi connectivity index (χ1v) is 12.2. The van der Waals surface area contributed by atoms with Crippen LogP contribution < -0.4 is 10.5 Å². The maximum Gasteiger partial charge on any atom is 0.404 e. The summed E-state index contributed by atoms with van der Waals surface area (Å²) in [5, 5.41) is 10.8. The molecule has 170 valence electrons. The van der Waals surface area contributed by atoms with Gasteiger partial charge in [-0.1, -0.05) is 0 Å². The fourth-order valence-electron chi connectivity index (χ4n) is 3.16. The highest BCUT2D eigenvalue weighted by molar-refractivity contribution is 8.54. The Kier molecular flexibility index (Phi) is 6.18. The van der Waals surface area contributed by atoms with Gasteiger partial charge in [-0.25, -0.2) is 14.3 Å². The summed E-state index contributed by atoms with van der Waals surface area (Å²) in [6.07, 6.45) is -3.93. The maximum absolute atomic E-state index is 13.6. The van der Waals surface area contributed by atoms with Gasteiger partial charge in [-0.2, -0.15) is 14.4 Å². The molecule has 0 saturated carbocycles. The Balaban J connectivity index is 1.48. The van der Waals surface area contributed by atoms with Crippen LogP contribution in [0.25, 0.3) is 11.2 Å². The molecule has 0 radical (unpaired) electrons. The second-order valence-electron chi connectivity index (χ2n) is 6.75. The van der Waals surface area contributed by atoms with Crippen molar-refractivity contribution in [3.05, 3.63) is 12.4 Å². The zero-order valence-corrected chi connectivity index (χ0v) is 18.1. The van der Waals surface area contributed by atoms with E-state index in [0.717, 1.165) is 0 Å². The molecule has 4 N–H and O–H groups in total. The first-order valence-electron chi connectivity index (χ1n) is 9.25. The second kappa shape index (κ2) is 8.58. The number of carbonyl (C=O) groups is 1. The Morgan fingerprint density at radius 1 is 1.58 bits per heavy atom. The second-order valence-corrected chi connectivity index (χ2v) is 10.4. The topological polar surface area (TPSA) is 173 Å². The van der Waals surface area contributed by atoms with Gasteiger partial charge >= 0.3 is 18.8 Å². The predicted molar refractivity (Wildman–Crippen MR) is 105 cm³/mol. The van der Waals surface area contributed by atoms with Crippen molar-refractivity contribution in [1.29, 1.82) is 0 Å². The third kappa shape index (κ3) is 4.26. The Bertz CT molecular complexity index is 1040. The molecule has 0 bridgehead atoms. The molecule has 2 saturated heterocycles. The number of hydrogen-bond donors (Lipinski definition) is 3. The highest BCUT2D eigenvalue weighted by atomic mass is 32.7. The van der Waals surface area contributed by atoms with Crippen LogP contribution in [0.5, 0.6) is 0 Å². The third-order valence-corrected chi connectivity index (χ3v) is 7.84. The van der Waals surface area contributed by atoms with E-state index in [1.807, 2.05) is 0 Å². The van der Waals surface area contributed by atoms with E-state index < -0.39 is 49.4 Å². The monoisotopic (exact) mass is 478 g/mol. The van der Waals surface area contributed by atoms with E-state index in [1.165, 1.54) is 17.8 Å². The van der Waals surface area contributed by atoms with E-state index >= 15 is 0 Å². The SMILES string of the molecule is CCOC(=O)[C@H](C)NSP1(=O)OC[C@H]2O[C@@H](n3cnc4c(N)nc(F)nc43)[C@@H](O)[C@@H]2O1. The van der Waals surface area contributed by atoms with E-state index in [1.54, 1.807) is 6.92 Å². The molecule has 4 heterocycles. The zero-order valence-electron chi connectivity index (χ0n) is 16.4. The lowest BCUT2D eigenvalue weighted by Crippen LogP contribution is -2.39. The molecular weight excluding hydrogens is 458 g/mol. The zero-order chi connectivity index (χ0) is 22.3. The molecule has 2 aromatic rings. The van der Waals surface area contributed by atoms with E-state index in [9.17, 15) is 18.9 Å². The molecule has 4 rings (SSSR count). The highest BCUT2D eigenvalue weighted by Crippen LogP contribution is 2.64. The number of imidazole rings is 1. The first kappa shape index (κ1) is 22.3. The fraction of sp³-hybridized carbons (Fsp3) is 0.600. The number of anilines is 1. The number of rotatable bonds is 6. The molecule has 0 amide bonds. The first-order chi connectivity index (χ1) is 14.7. The molecule has 2 aliphatic heterocycles. The van der Waals surface area contributed by atoms with Crippen molar-refractivity contribution in [1.82, 2.24) is 24.2 Å². The largest absolute Gasteiger partial charge is 0.465 e. The molecule has 2 aromatic heterocycles. The van der Waals surface area contributed by atoms with Crippen molar-refractivity contribution in [2.24, 2.45) is 0 Å². The van der Waals surface area contributed by atoms with Crippen molar-refractivity contribution < 1.29 is 37.4 Å². The number of aliphatic hydroxyl groups excluding tert-OH is 1. The number of ether oxygens (including phenoxy) is 2. The summed E-state index contributed by atoms with van der Waals surface area (Å²) in [5.41, 5.74) is 5.83. The number of nitrogens with one attached hydrogen (secondary N) is 1. The van der Waals surface area contributed by atoms with Crippen LogP contribution in [0.2, 0.25) is 0 Å². The highest BCUT2D eigenvalue weighted by Gasteiger charge is 2.53. The van der Waals surface area contributed by atoms with Crippen LogP contribution in [-0.2, 0) is 27.9 Å². The minimum absolute atomic E-state index is 0.0242. The van der Waals surface area contributed by atoms with Crippen LogP contribution in [0.3, 0.4) is 0 Å². The Morgan fingerprint density at radius 2 is 2.35 bits per heavy atom. The fourth-order valence-corrected chi connectivity index (χ4v) is 6.22. The minimum Gasteiger partial charge on any atom is -0.465 e. The average molecular weight is 478 g/mol. The quantitative estimate of drug-likeness (QED) is 0.227. The maximum atomic E-state index is 13.6. The molecule has 2 fully saturated rings. The standard InChI is InChI=1S/C15H20FN6O7PS/c1-3-26-14(24)6(2)21-31-30(25)27-4-7-10(29-30)9(23)13(28-7)22-5-18-8-11(17)19-15(16)20-12(8)22/h5-7,9-10,13,21,23H,3-4H2,1-2H3,(H2,17,19,20)/t6-,7+,9-,10+,13+,30?/m0/s1. The van der Waals surface area contributed by atoms with E-state index in [-0.39, 0.29) is 30.2 Å². The van der Waals surface area contributed by atoms with Gasteiger partial charge in [-0.15, -0.1) is 0 Å². The number of aromatic nitrogens is 4. The molecular formula is C15H20FN6O7PS. The van der Waals surface area contributed by atoms with Crippen molar-refractivity contribution >= 4 is 41.3 Å². The summed E-state index contributed by atoms with van der Waals surface area (Å²) in [5.74, 6) is -0.685. The van der Waals surface area contributed by atoms with Crippen molar-refractivity contribution in [2.45, 2.75) is 44.4 Å². The molecule has 0 aliphatic carbocycles. The van der Waals surface area contributed by atoms with E-state index in [4.69, 9.17) is 24.3 Å². The molecule has 6 atom stereocenters. The molecule has 31 heavy (non-hydrogen) atoms. The Hall–Kier alpha value is -1.87. The van der Waals surface area contributed by atoms with Crippen LogP contribution in [-0.4, -0.2) is 68.2 Å². The molecule has 16 heteroatoms. The van der Waals surface area contributed by atoms with Gasteiger partial charge in [0.2, 0.25) is 0 Å². The van der Waals surface area contributed by atoms with Gasteiger partial charge in [0.1, 0.15) is 24.4 Å². The van der Waals surface area contributed by atoms with Crippen LogP contribution in [0.1, 0.15) is 20.1 Å². The summed E-state index contributed by atoms with van der Waals surface area (Å²) in [7, 11) is 0. The smallest absolute Gasteiger partial charge is 0.404 e. The number of nitrogen functional groups attached to an aromatic ring is 1. The van der Waals surface area contributed by atoms with Crippen molar-refractivity contribution in [2.75, 3.05) is 18.9 Å². The van der Waals surface area contributed by atoms with E-state index in [2.05, 4.69) is 19.7 Å². The summed E-state index contributed by atoms with van der Waals surface area (Å²) in [6.45, 7) is -0.507. The van der Waals surface area contributed by atoms with Gasteiger partial charge in [0.15, 0.2) is 23.2 Å². The van der Waals surface area contributed by atoms with Crippen LogP contribution in [0.15, 0.2) is 6.33 Å². The number of nitrogens with two attached hydrogens (primary N) is 1. The Morgan fingerprint density at radius 3 is 3.10 bits per heavy atom. The number of aliphatic hydroxyl groups is 1. The van der Waals surface area contributed by atoms with Crippen LogP contribution in [0.4, 0.5) is 10.2 Å². The number of carbonyl (C=O) groups excluding carboxylic acids is 1. The number of hydrogen-bond acceptors (Lipinski definition) is 13. The van der Waals surface area contributed by atoms with Crippen LogP contribution in [0, 0.1) is 6.08 Å². The van der Waals surface area contributed by atoms with Gasteiger partial charge in [0.05, 0.1) is 19.5 Å². The van der Waals surface area contributed by atoms with Crippen molar-refractivity contribution in [3.63, 3.8) is 0 Å². The van der Waals surface area contributed by atoms with Gasteiger partial charge in [-0.05, 0) is 13.8 Å². The average Bonchev–Trinajstić information content (AvgIpc) is 3.27. The minimum atomic E-state index is -3.77. The normalized spacial score (nSPS) is 31.5. The molecule has 2 aliphatic rings. The lowest BCUT2D eigenvalue weighted by atomic mass is 10.1. The Labute approximate surface area is 179 Å². The number of halogens is 1. The summed E-state index contributed by atoms with van der Waals surface area (Å²) in [6, 6.07) is -0.768. The number of fused-ring (bicyclic) bond motifs is 2. The summed E-state index contributed by atoms with van der Waals surface area (Å²) < 4.78 is 52.0. The molecule has 13 nitrogen and oxygen atoms in total. The summed E-state index contributed by atoms with van der Waals surface area (Å²) in [4.78, 5) is 22.8. The lowest BCUT2D eigenvalue weighted by molar-refractivity contribution is -0.144. The van der Waals surface area contributed by atoms with Crippen molar-refractivity contribution in [3.8, 4) is 0 Å². The predicted octanol–water partition coefficient (Wildman–Crippen LogP) is 0.519. The summed E-state index contributed by atoms with van der Waals surface area (Å²) >= 11 is 0.606. The van der Waals surface area contributed by atoms with Crippen LogP contribution >= 0.6 is 18.4 Å². The molecule has 1 unspecified atom stereocenters. The van der Waals surface area contributed by atoms with Gasteiger partial charge < -0.3 is 20.3 Å².